The molecule has 1 aliphatic rings. The van der Waals surface area contributed by atoms with Gasteiger partial charge in [0.1, 0.15) is 6.61 Å². The maximum Gasteiger partial charge on any atom is 0.243 e. The summed E-state index contributed by atoms with van der Waals surface area (Å²) in [6, 6.07) is 7.14. The van der Waals surface area contributed by atoms with Gasteiger partial charge in [-0.2, -0.15) is 0 Å². The Morgan fingerprint density at radius 2 is 2.14 bits per heavy atom. The lowest BCUT2D eigenvalue weighted by atomic mass is 10.2. The van der Waals surface area contributed by atoms with Crippen LogP contribution in [0.1, 0.15) is 0 Å². The van der Waals surface area contributed by atoms with Crippen LogP contribution in [0.5, 0.6) is 11.5 Å². The van der Waals surface area contributed by atoms with E-state index < -0.39 is 11.0 Å². The van der Waals surface area contributed by atoms with Crippen LogP contribution in [0.4, 0.5) is 0 Å². The van der Waals surface area contributed by atoms with Crippen LogP contribution in [0.3, 0.4) is 0 Å². The molecule has 1 unspecified atom stereocenters. The minimum atomic E-state index is -0.486. The van der Waals surface area contributed by atoms with E-state index in [2.05, 4.69) is 0 Å². The molecule has 1 aliphatic heterocycles. The second-order valence-electron chi connectivity index (χ2n) is 3.01. The zero-order valence-corrected chi connectivity index (χ0v) is 7.38. The zero-order chi connectivity index (χ0) is 9.97. The molecule has 0 aromatic heterocycles. The predicted octanol–water partition coefficient (Wildman–Crippen LogP) is 1.10. The van der Waals surface area contributed by atoms with Crippen LogP contribution >= 0.6 is 0 Å². The number of nitro groups is 1. The number of fused-ring (bicyclic) bond motifs is 1. The molecule has 1 aromatic rings. The molecular formula is C9H9NO4. The van der Waals surface area contributed by atoms with Crippen LogP contribution in [0, 0.1) is 10.1 Å². The van der Waals surface area contributed by atoms with Crippen LogP contribution < -0.4 is 9.47 Å². The topological polar surface area (TPSA) is 61.6 Å². The molecule has 5 nitrogen and oxygen atoms in total. The van der Waals surface area contributed by atoms with Crippen molar-refractivity contribution in [2.75, 3.05) is 13.2 Å². The normalized spacial score (nSPS) is 19.0. The molecule has 0 N–H and O–H groups in total. The van der Waals surface area contributed by atoms with E-state index in [4.69, 9.17) is 9.47 Å². The molecule has 0 aliphatic carbocycles. The van der Waals surface area contributed by atoms with Gasteiger partial charge in [-0.25, -0.2) is 0 Å². The van der Waals surface area contributed by atoms with Gasteiger partial charge in [0, 0.05) is 4.92 Å². The third-order valence-electron chi connectivity index (χ3n) is 1.92. The molecule has 1 aromatic carbocycles. The molecule has 5 heteroatoms. The van der Waals surface area contributed by atoms with Gasteiger partial charge in [0.25, 0.3) is 0 Å². The van der Waals surface area contributed by atoms with Crippen LogP contribution in [0.15, 0.2) is 24.3 Å². The second-order valence-corrected chi connectivity index (χ2v) is 3.01. The molecule has 74 valence electrons. The van der Waals surface area contributed by atoms with Crippen molar-refractivity contribution < 1.29 is 14.4 Å². The Balaban J connectivity index is 2.09. The number of rotatable bonds is 2. The first-order valence-electron chi connectivity index (χ1n) is 4.26. The SMILES string of the molecule is O=[N+]([O-])CC1COc2ccccc2O1. The van der Waals surface area contributed by atoms with Gasteiger partial charge >= 0.3 is 0 Å². The number of hydrogen-bond acceptors (Lipinski definition) is 4. The van der Waals surface area contributed by atoms with Crippen molar-refractivity contribution in [1.29, 1.82) is 0 Å². The van der Waals surface area contributed by atoms with E-state index in [9.17, 15) is 10.1 Å². The van der Waals surface area contributed by atoms with E-state index in [1.807, 2.05) is 6.07 Å². The number of benzene rings is 1. The first kappa shape index (κ1) is 8.80. The average Bonchev–Trinajstić information content (AvgIpc) is 2.17. The molecule has 0 saturated carbocycles. The number of para-hydroxylation sites is 2. The Morgan fingerprint density at radius 1 is 1.43 bits per heavy atom. The number of nitrogens with zero attached hydrogens (tertiary/aromatic N) is 1. The Morgan fingerprint density at radius 3 is 2.86 bits per heavy atom. The molecule has 0 amide bonds. The minimum Gasteiger partial charge on any atom is -0.486 e. The van der Waals surface area contributed by atoms with Crippen molar-refractivity contribution >= 4 is 0 Å². The fourth-order valence-corrected chi connectivity index (χ4v) is 1.32. The van der Waals surface area contributed by atoms with Crippen molar-refractivity contribution in [2.45, 2.75) is 6.10 Å². The van der Waals surface area contributed by atoms with Gasteiger partial charge in [-0.05, 0) is 12.1 Å². The average molecular weight is 195 g/mol. The standard InChI is InChI=1S/C9H9NO4/c11-10(12)5-7-6-13-8-3-1-2-4-9(8)14-7/h1-4,7H,5-6H2. The Hall–Kier alpha value is -1.78. The lowest BCUT2D eigenvalue weighted by Gasteiger charge is -2.23. The first-order chi connectivity index (χ1) is 6.75. The summed E-state index contributed by atoms with van der Waals surface area (Å²) in [4.78, 5) is 9.85. The Labute approximate surface area is 80.4 Å². The fourth-order valence-electron chi connectivity index (χ4n) is 1.32. The highest BCUT2D eigenvalue weighted by molar-refractivity contribution is 5.40. The minimum absolute atomic E-state index is 0.228. The summed E-state index contributed by atoms with van der Waals surface area (Å²) >= 11 is 0. The maximum atomic E-state index is 10.2. The molecule has 0 fully saturated rings. The van der Waals surface area contributed by atoms with Crippen molar-refractivity contribution in [1.82, 2.24) is 0 Å². The largest absolute Gasteiger partial charge is 0.486 e. The molecule has 1 heterocycles. The van der Waals surface area contributed by atoms with Crippen molar-refractivity contribution in [2.24, 2.45) is 0 Å². The van der Waals surface area contributed by atoms with Crippen molar-refractivity contribution in [3.05, 3.63) is 34.4 Å². The fraction of sp³-hybridized carbons (Fsp3) is 0.333. The third kappa shape index (κ3) is 1.76. The quantitative estimate of drug-likeness (QED) is 0.523. The molecule has 0 radical (unpaired) electrons. The summed E-state index contributed by atoms with van der Waals surface area (Å²) in [5.41, 5.74) is 0. The lowest BCUT2D eigenvalue weighted by Crippen LogP contribution is -2.35. The lowest BCUT2D eigenvalue weighted by molar-refractivity contribution is -0.489. The monoisotopic (exact) mass is 195 g/mol. The highest BCUT2D eigenvalue weighted by Gasteiger charge is 2.24. The van der Waals surface area contributed by atoms with E-state index in [-0.39, 0.29) is 13.2 Å². The van der Waals surface area contributed by atoms with Crippen LogP contribution in [0.2, 0.25) is 0 Å². The van der Waals surface area contributed by atoms with E-state index in [0.717, 1.165) is 0 Å². The van der Waals surface area contributed by atoms with Gasteiger partial charge in [0.15, 0.2) is 17.6 Å². The zero-order valence-electron chi connectivity index (χ0n) is 7.38. The summed E-state index contributed by atoms with van der Waals surface area (Å²) in [5.74, 6) is 1.22. The smallest absolute Gasteiger partial charge is 0.243 e. The van der Waals surface area contributed by atoms with Gasteiger partial charge in [-0.1, -0.05) is 12.1 Å². The molecule has 1 atom stereocenters. The van der Waals surface area contributed by atoms with Gasteiger partial charge in [0.2, 0.25) is 6.54 Å². The summed E-state index contributed by atoms with van der Waals surface area (Å²) in [5, 5.41) is 10.2. The van der Waals surface area contributed by atoms with Gasteiger partial charge < -0.3 is 9.47 Å². The van der Waals surface area contributed by atoms with Crippen LogP contribution in [-0.4, -0.2) is 24.2 Å². The second kappa shape index (κ2) is 3.53. The maximum absolute atomic E-state index is 10.2. The highest BCUT2D eigenvalue weighted by atomic mass is 16.6. The van der Waals surface area contributed by atoms with E-state index in [1.165, 1.54) is 0 Å². The molecule has 0 spiro atoms. The number of ether oxygens (including phenoxy) is 2. The van der Waals surface area contributed by atoms with E-state index >= 15 is 0 Å². The molecule has 0 saturated heterocycles. The molecule has 2 rings (SSSR count). The summed E-state index contributed by atoms with van der Waals surface area (Å²) in [6.45, 7) is 0.00628. The van der Waals surface area contributed by atoms with Crippen molar-refractivity contribution in [3.63, 3.8) is 0 Å². The van der Waals surface area contributed by atoms with Gasteiger partial charge in [0.05, 0.1) is 0 Å². The predicted molar refractivity (Wildman–Crippen MR) is 48.2 cm³/mol. The van der Waals surface area contributed by atoms with E-state index in [1.54, 1.807) is 18.2 Å². The Bertz CT molecular complexity index is 352. The molecule has 0 bridgehead atoms. The molecule has 14 heavy (non-hydrogen) atoms. The van der Waals surface area contributed by atoms with Crippen molar-refractivity contribution in [3.8, 4) is 11.5 Å². The van der Waals surface area contributed by atoms with Gasteiger partial charge in [-0.15, -0.1) is 0 Å². The van der Waals surface area contributed by atoms with Crippen LogP contribution in [-0.2, 0) is 0 Å². The third-order valence-corrected chi connectivity index (χ3v) is 1.92. The molecular weight excluding hydrogens is 186 g/mol. The number of hydrogen-bond donors (Lipinski definition) is 0. The summed E-state index contributed by atoms with van der Waals surface area (Å²) < 4.78 is 10.7. The summed E-state index contributed by atoms with van der Waals surface area (Å²) in [7, 11) is 0. The summed E-state index contributed by atoms with van der Waals surface area (Å²) in [6.07, 6.45) is -0.486. The van der Waals surface area contributed by atoms with Gasteiger partial charge in [-0.3, -0.25) is 10.1 Å². The van der Waals surface area contributed by atoms with E-state index in [0.29, 0.717) is 11.5 Å². The van der Waals surface area contributed by atoms with Crippen LogP contribution in [0.25, 0.3) is 0 Å². The highest BCUT2D eigenvalue weighted by Crippen LogP contribution is 2.30. The first-order valence-corrected chi connectivity index (χ1v) is 4.26. The Kier molecular flexibility index (Phi) is 2.22.